The predicted molar refractivity (Wildman–Crippen MR) is 50.2 cm³/mol. The highest BCUT2D eigenvalue weighted by molar-refractivity contribution is 9.11. The number of primary amides is 1. The summed E-state index contributed by atoms with van der Waals surface area (Å²) in [5.74, 6) is -0.379. The summed E-state index contributed by atoms with van der Waals surface area (Å²) in [6.07, 6.45) is 3.51. The molecule has 0 aliphatic carbocycles. The lowest BCUT2D eigenvalue weighted by atomic mass is 10.2. The number of carbonyl (C=O) groups is 1. The van der Waals surface area contributed by atoms with Crippen LogP contribution in [0.5, 0.6) is 0 Å². The summed E-state index contributed by atoms with van der Waals surface area (Å²) in [4.78, 5) is 10.4. The molecule has 0 spiro atoms. The van der Waals surface area contributed by atoms with Gasteiger partial charge in [0, 0.05) is 4.48 Å². The molecular weight excluding hydrogens is 206 g/mol. The second-order valence-electron chi connectivity index (χ2n) is 2.03. The monoisotopic (exact) mass is 215 g/mol. The zero-order valence-electron chi connectivity index (χ0n) is 6.14. The third kappa shape index (κ3) is 5.61. The highest BCUT2D eigenvalue weighted by Crippen LogP contribution is 2.10. The fourth-order valence-electron chi connectivity index (χ4n) is 0.529. The first-order chi connectivity index (χ1) is 5.06. The Hall–Kier alpha value is -0.830. The smallest absolute Gasteiger partial charge is 0.221 e. The van der Waals surface area contributed by atoms with Crippen molar-refractivity contribution in [1.82, 2.24) is 0 Å². The molecule has 0 saturated carbocycles. The molecule has 0 aliphatic heterocycles. The number of carbonyl (C=O) groups excluding carboxylic acids is 1. The van der Waals surface area contributed by atoms with E-state index in [1.165, 1.54) is 0 Å². The molecule has 2 N–H and O–H groups in total. The van der Waals surface area contributed by atoms with Crippen LogP contribution in [0.25, 0.3) is 0 Å². The van der Waals surface area contributed by atoms with Crippen molar-refractivity contribution in [1.29, 1.82) is 0 Å². The molecule has 0 rings (SSSR count). The highest BCUT2D eigenvalue weighted by atomic mass is 79.9. The SMILES string of the molecule is C=C/C(Br)=C\C(=C)CC(N)=O. The van der Waals surface area contributed by atoms with Crippen molar-refractivity contribution in [2.75, 3.05) is 0 Å². The fraction of sp³-hybridized carbons (Fsp3) is 0.125. The van der Waals surface area contributed by atoms with Gasteiger partial charge in [-0.15, -0.1) is 0 Å². The van der Waals surface area contributed by atoms with Gasteiger partial charge < -0.3 is 5.73 Å². The Morgan fingerprint density at radius 3 is 2.55 bits per heavy atom. The summed E-state index contributed by atoms with van der Waals surface area (Å²) in [5.41, 5.74) is 5.61. The normalized spacial score (nSPS) is 10.8. The average Bonchev–Trinajstić information content (AvgIpc) is 1.85. The van der Waals surface area contributed by atoms with E-state index < -0.39 is 0 Å². The van der Waals surface area contributed by atoms with E-state index in [1.54, 1.807) is 12.2 Å². The summed E-state index contributed by atoms with van der Waals surface area (Å²) < 4.78 is 0.795. The molecule has 3 heteroatoms. The molecule has 0 unspecified atom stereocenters. The Morgan fingerprint density at radius 1 is 1.64 bits per heavy atom. The number of hydrogen-bond donors (Lipinski definition) is 1. The Balaban J connectivity index is 4.07. The number of allylic oxidation sites excluding steroid dienone is 3. The number of rotatable bonds is 4. The third-order valence-electron chi connectivity index (χ3n) is 0.938. The zero-order valence-corrected chi connectivity index (χ0v) is 7.73. The lowest BCUT2D eigenvalue weighted by molar-refractivity contribution is -0.117. The average molecular weight is 216 g/mol. The summed E-state index contributed by atoms with van der Waals surface area (Å²) in [5, 5.41) is 0. The van der Waals surface area contributed by atoms with Crippen LogP contribution >= 0.6 is 15.9 Å². The molecule has 0 saturated heterocycles. The van der Waals surface area contributed by atoms with Crippen molar-refractivity contribution in [2.45, 2.75) is 6.42 Å². The van der Waals surface area contributed by atoms with Gasteiger partial charge in [0.05, 0.1) is 6.42 Å². The Bertz CT molecular complexity index is 218. The van der Waals surface area contributed by atoms with E-state index in [2.05, 4.69) is 29.1 Å². The summed E-state index contributed by atoms with van der Waals surface area (Å²) >= 11 is 3.20. The largest absolute Gasteiger partial charge is 0.369 e. The maximum atomic E-state index is 10.4. The fourth-order valence-corrected chi connectivity index (χ4v) is 0.852. The molecule has 0 aromatic rings. The van der Waals surface area contributed by atoms with Crippen molar-refractivity contribution in [3.8, 4) is 0 Å². The van der Waals surface area contributed by atoms with Gasteiger partial charge in [-0.2, -0.15) is 0 Å². The minimum absolute atomic E-state index is 0.183. The summed E-state index contributed by atoms with van der Waals surface area (Å²) in [6.45, 7) is 7.15. The van der Waals surface area contributed by atoms with Gasteiger partial charge in [-0.25, -0.2) is 0 Å². The van der Waals surface area contributed by atoms with E-state index >= 15 is 0 Å². The maximum Gasteiger partial charge on any atom is 0.221 e. The van der Waals surface area contributed by atoms with E-state index in [-0.39, 0.29) is 12.3 Å². The van der Waals surface area contributed by atoms with Crippen LogP contribution in [0.15, 0.2) is 35.4 Å². The van der Waals surface area contributed by atoms with Crippen molar-refractivity contribution >= 4 is 21.8 Å². The number of hydrogen-bond acceptors (Lipinski definition) is 1. The third-order valence-corrected chi connectivity index (χ3v) is 1.49. The van der Waals surface area contributed by atoms with E-state index in [1.807, 2.05) is 0 Å². The van der Waals surface area contributed by atoms with Crippen LogP contribution in [-0.2, 0) is 4.79 Å². The molecule has 0 radical (unpaired) electrons. The van der Waals surface area contributed by atoms with Crippen molar-refractivity contribution in [3.05, 3.63) is 35.4 Å². The Morgan fingerprint density at radius 2 is 2.18 bits per heavy atom. The van der Waals surface area contributed by atoms with Gasteiger partial charge in [-0.05, 0) is 11.6 Å². The number of nitrogens with two attached hydrogens (primary N) is 1. The lowest BCUT2D eigenvalue weighted by Crippen LogP contribution is -2.10. The molecule has 0 heterocycles. The molecule has 1 amide bonds. The molecule has 2 nitrogen and oxygen atoms in total. The Labute approximate surface area is 74.6 Å². The van der Waals surface area contributed by atoms with Gasteiger partial charge in [0.2, 0.25) is 5.91 Å². The molecule has 0 bridgehead atoms. The first-order valence-corrected chi connectivity index (χ1v) is 3.81. The molecule has 60 valence electrons. The molecule has 0 aromatic carbocycles. The number of halogens is 1. The Kier molecular flexibility index (Phi) is 4.54. The highest BCUT2D eigenvalue weighted by Gasteiger charge is 1.95. The minimum atomic E-state index is -0.379. The van der Waals surface area contributed by atoms with E-state index in [9.17, 15) is 4.79 Å². The molecule has 0 aromatic heterocycles. The van der Waals surface area contributed by atoms with E-state index in [4.69, 9.17) is 5.73 Å². The van der Waals surface area contributed by atoms with Gasteiger partial charge in [0.15, 0.2) is 0 Å². The second-order valence-corrected chi connectivity index (χ2v) is 2.95. The molecule has 0 atom stereocenters. The maximum absolute atomic E-state index is 10.4. The topological polar surface area (TPSA) is 43.1 Å². The molecule has 11 heavy (non-hydrogen) atoms. The lowest BCUT2D eigenvalue weighted by Gasteiger charge is -1.94. The summed E-state index contributed by atoms with van der Waals surface area (Å²) in [6, 6.07) is 0. The van der Waals surface area contributed by atoms with Gasteiger partial charge in [0.1, 0.15) is 0 Å². The standard InChI is InChI=1S/C8H10BrNO/c1-3-7(9)4-6(2)5-8(10)11/h3-4H,1-2,5H2,(H2,10,11)/b7-4+. The number of amides is 1. The van der Waals surface area contributed by atoms with Crippen molar-refractivity contribution < 1.29 is 4.79 Å². The summed E-state index contributed by atoms with van der Waals surface area (Å²) in [7, 11) is 0. The van der Waals surface area contributed by atoms with E-state index in [0.29, 0.717) is 5.57 Å². The molecular formula is C8H10BrNO. The van der Waals surface area contributed by atoms with Crippen LogP contribution in [0, 0.1) is 0 Å². The van der Waals surface area contributed by atoms with Crippen LogP contribution in [0.4, 0.5) is 0 Å². The van der Waals surface area contributed by atoms with Crippen molar-refractivity contribution in [3.63, 3.8) is 0 Å². The molecule has 0 aliphatic rings. The van der Waals surface area contributed by atoms with Crippen LogP contribution in [0.1, 0.15) is 6.42 Å². The minimum Gasteiger partial charge on any atom is -0.369 e. The first-order valence-electron chi connectivity index (χ1n) is 3.02. The predicted octanol–water partition coefficient (Wildman–Crippen LogP) is 1.88. The first kappa shape index (κ1) is 10.2. The van der Waals surface area contributed by atoms with Crippen LogP contribution in [0.3, 0.4) is 0 Å². The van der Waals surface area contributed by atoms with Gasteiger partial charge in [-0.3, -0.25) is 4.79 Å². The molecule has 0 fully saturated rings. The van der Waals surface area contributed by atoms with Crippen LogP contribution in [0.2, 0.25) is 0 Å². The van der Waals surface area contributed by atoms with Gasteiger partial charge >= 0.3 is 0 Å². The quantitative estimate of drug-likeness (QED) is 0.716. The van der Waals surface area contributed by atoms with Gasteiger partial charge in [-0.1, -0.05) is 35.2 Å². The zero-order chi connectivity index (χ0) is 8.85. The van der Waals surface area contributed by atoms with Crippen LogP contribution in [-0.4, -0.2) is 5.91 Å². The second kappa shape index (κ2) is 4.91. The van der Waals surface area contributed by atoms with E-state index in [0.717, 1.165) is 4.48 Å². The van der Waals surface area contributed by atoms with Crippen LogP contribution < -0.4 is 5.73 Å². The van der Waals surface area contributed by atoms with Crippen molar-refractivity contribution in [2.24, 2.45) is 5.73 Å². The van der Waals surface area contributed by atoms with Gasteiger partial charge in [0.25, 0.3) is 0 Å².